The molecule has 0 saturated carbocycles. The predicted octanol–water partition coefficient (Wildman–Crippen LogP) is 2.70. The van der Waals surface area contributed by atoms with Crippen molar-refractivity contribution in [2.45, 2.75) is 25.4 Å². The SMILES string of the molecule is CC(CC(=O)NCCN)c1ccc(C(F)(F)F)cc1.Cl. The van der Waals surface area contributed by atoms with Gasteiger partial charge in [0, 0.05) is 19.5 Å². The van der Waals surface area contributed by atoms with Crippen molar-refractivity contribution in [2.75, 3.05) is 13.1 Å². The molecule has 0 aliphatic carbocycles. The van der Waals surface area contributed by atoms with Crippen LogP contribution in [0.25, 0.3) is 0 Å². The zero-order chi connectivity index (χ0) is 14.5. The first-order chi connectivity index (χ1) is 8.84. The fourth-order valence-corrected chi connectivity index (χ4v) is 1.68. The molecule has 0 bridgehead atoms. The quantitative estimate of drug-likeness (QED) is 0.878. The molecular weight excluding hydrogens is 293 g/mol. The highest BCUT2D eigenvalue weighted by Crippen LogP contribution is 2.30. The molecule has 114 valence electrons. The summed E-state index contributed by atoms with van der Waals surface area (Å²) in [5.41, 5.74) is 5.28. The first-order valence-electron chi connectivity index (χ1n) is 5.98. The van der Waals surface area contributed by atoms with Crippen LogP contribution < -0.4 is 11.1 Å². The van der Waals surface area contributed by atoms with E-state index < -0.39 is 11.7 Å². The van der Waals surface area contributed by atoms with Gasteiger partial charge in [-0.15, -0.1) is 12.4 Å². The number of alkyl halides is 3. The molecule has 1 amide bonds. The Kier molecular flexibility index (Phi) is 7.60. The van der Waals surface area contributed by atoms with Gasteiger partial charge in [-0.1, -0.05) is 19.1 Å². The molecule has 0 fully saturated rings. The Hall–Kier alpha value is -1.27. The van der Waals surface area contributed by atoms with Gasteiger partial charge in [0.25, 0.3) is 0 Å². The van der Waals surface area contributed by atoms with Crippen molar-refractivity contribution in [1.29, 1.82) is 0 Å². The number of hydrogen-bond donors (Lipinski definition) is 2. The Bertz CT molecular complexity index is 421. The zero-order valence-corrected chi connectivity index (χ0v) is 11.9. The lowest BCUT2D eigenvalue weighted by Crippen LogP contribution is -2.29. The van der Waals surface area contributed by atoms with E-state index in [-0.39, 0.29) is 30.7 Å². The van der Waals surface area contributed by atoms with Crippen LogP contribution >= 0.6 is 12.4 Å². The van der Waals surface area contributed by atoms with Crippen LogP contribution in [0.1, 0.15) is 30.4 Å². The second-order valence-corrected chi connectivity index (χ2v) is 4.36. The standard InChI is InChI=1S/C13H17F3N2O.ClH/c1-9(8-12(19)18-7-6-17)10-2-4-11(5-3-10)13(14,15)16;/h2-5,9H,6-8,17H2,1H3,(H,18,19);1H. The summed E-state index contributed by atoms with van der Waals surface area (Å²) in [6, 6.07) is 4.88. The molecule has 1 aromatic rings. The molecule has 1 aromatic carbocycles. The van der Waals surface area contributed by atoms with E-state index in [1.807, 2.05) is 0 Å². The minimum Gasteiger partial charge on any atom is -0.355 e. The maximum absolute atomic E-state index is 12.4. The highest BCUT2D eigenvalue weighted by atomic mass is 35.5. The fourth-order valence-electron chi connectivity index (χ4n) is 1.68. The first-order valence-corrected chi connectivity index (χ1v) is 5.98. The molecule has 0 saturated heterocycles. The Morgan fingerprint density at radius 3 is 2.30 bits per heavy atom. The third kappa shape index (κ3) is 5.79. The van der Waals surface area contributed by atoms with E-state index >= 15 is 0 Å². The first kappa shape index (κ1) is 18.7. The average molecular weight is 311 g/mol. The molecule has 1 rings (SSSR count). The Morgan fingerprint density at radius 2 is 1.85 bits per heavy atom. The average Bonchev–Trinajstić information content (AvgIpc) is 2.35. The van der Waals surface area contributed by atoms with Gasteiger partial charge in [-0.2, -0.15) is 13.2 Å². The number of carbonyl (C=O) groups excluding carboxylic acids is 1. The van der Waals surface area contributed by atoms with Crippen molar-refractivity contribution in [2.24, 2.45) is 5.73 Å². The van der Waals surface area contributed by atoms with Crippen molar-refractivity contribution in [3.8, 4) is 0 Å². The normalized spacial score (nSPS) is 12.4. The summed E-state index contributed by atoms with van der Waals surface area (Å²) >= 11 is 0. The lowest BCUT2D eigenvalue weighted by Gasteiger charge is -2.13. The highest BCUT2D eigenvalue weighted by Gasteiger charge is 2.30. The van der Waals surface area contributed by atoms with Crippen LogP contribution in [0, 0.1) is 0 Å². The molecule has 0 radical (unpaired) electrons. The van der Waals surface area contributed by atoms with Crippen molar-refractivity contribution < 1.29 is 18.0 Å². The monoisotopic (exact) mass is 310 g/mol. The lowest BCUT2D eigenvalue weighted by atomic mass is 9.96. The van der Waals surface area contributed by atoms with Crippen LogP contribution in [-0.2, 0) is 11.0 Å². The summed E-state index contributed by atoms with van der Waals surface area (Å²) in [7, 11) is 0. The van der Waals surface area contributed by atoms with Crippen molar-refractivity contribution >= 4 is 18.3 Å². The number of amides is 1. The smallest absolute Gasteiger partial charge is 0.355 e. The minimum atomic E-state index is -4.33. The molecule has 7 heteroatoms. The van der Waals surface area contributed by atoms with Gasteiger partial charge < -0.3 is 11.1 Å². The summed E-state index contributed by atoms with van der Waals surface area (Å²) in [6.45, 7) is 2.56. The minimum absolute atomic E-state index is 0. The molecule has 0 aliphatic heterocycles. The molecule has 3 nitrogen and oxygen atoms in total. The number of nitrogens with two attached hydrogens (primary N) is 1. The van der Waals surface area contributed by atoms with E-state index in [1.165, 1.54) is 12.1 Å². The van der Waals surface area contributed by atoms with E-state index in [9.17, 15) is 18.0 Å². The van der Waals surface area contributed by atoms with E-state index in [4.69, 9.17) is 5.73 Å². The number of rotatable bonds is 5. The summed E-state index contributed by atoms with van der Waals surface area (Å²) in [5, 5.41) is 2.62. The van der Waals surface area contributed by atoms with Gasteiger partial charge in [0.2, 0.25) is 5.91 Å². The lowest BCUT2D eigenvalue weighted by molar-refractivity contribution is -0.137. The van der Waals surface area contributed by atoms with Crippen molar-refractivity contribution in [3.63, 3.8) is 0 Å². The largest absolute Gasteiger partial charge is 0.416 e. The van der Waals surface area contributed by atoms with Gasteiger partial charge >= 0.3 is 6.18 Å². The predicted molar refractivity (Wildman–Crippen MR) is 73.8 cm³/mol. The topological polar surface area (TPSA) is 55.1 Å². The van der Waals surface area contributed by atoms with Crippen LogP contribution in [0.3, 0.4) is 0 Å². The third-order valence-electron chi connectivity index (χ3n) is 2.77. The Labute approximate surface area is 122 Å². The van der Waals surface area contributed by atoms with E-state index in [0.29, 0.717) is 18.7 Å². The molecule has 1 unspecified atom stereocenters. The summed E-state index contributed by atoms with van der Waals surface area (Å²) in [5.74, 6) is -0.294. The van der Waals surface area contributed by atoms with Crippen LogP contribution in [0.4, 0.5) is 13.2 Å². The highest BCUT2D eigenvalue weighted by molar-refractivity contribution is 5.85. The number of nitrogens with one attached hydrogen (secondary N) is 1. The van der Waals surface area contributed by atoms with Gasteiger partial charge in [0.1, 0.15) is 0 Å². The van der Waals surface area contributed by atoms with E-state index in [0.717, 1.165) is 12.1 Å². The van der Waals surface area contributed by atoms with Gasteiger partial charge in [-0.05, 0) is 23.6 Å². The van der Waals surface area contributed by atoms with Gasteiger partial charge in [0.15, 0.2) is 0 Å². The summed E-state index contributed by atoms with van der Waals surface area (Å²) in [4.78, 5) is 11.5. The molecule has 20 heavy (non-hydrogen) atoms. The second-order valence-electron chi connectivity index (χ2n) is 4.36. The van der Waals surface area contributed by atoms with Crippen molar-refractivity contribution in [3.05, 3.63) is 35.4 Å². The van der Waals surface area contributed by atoms with E-state index in [1.54, 1.807) is 6.92 Å². The fraction of sp³-hybridized carbons (Fsp3) is 0.462. The molecule has 3 N–H and O–H groups in total. The zero-order valence-electron chi connectivity index (χ0n) is 11.0. The number of halogens is 4. The molecule has 1 atom stereocenters. The van der Waals surface area contributed by atoms with Gasteiger partial charge in [0.05, 0.1) is 5.56 Å². The van der Waals surface area contributed by atoms with E-state index in [2.05, 4.69) is 5.32 Å². The van der Waals surface area contributed by atoms with Crippen LogP contribution in [0.2, 0.25) is 0 Å². The molecule has 0 spiro atoms. The maximum Gasteiger partial charge on any atom is 0.416 e. The number of hydrogen-bond acceptors (Lipinski definition) is 2. The number of carbonyl (C=O) groups is 1. The summed E-state index contributed by atoms with van der Waals surface area (Å²) in [6.07, 6.45) is -4.11. The van der Waals surface area contributed by atoms with Gasteiger partial charge in [-0.25, -0.2) is 0 Å². The summed E-state index contributed by atoms with van der Waals surface area (Å²) < 4.78 is 37.2. The van der Waals surface area contributed by atoms with Gasteiger partial charge in [-0.3, -0.25) is 4.79 Å². The molecule has 0 aromatic heterocycles. The van der Waals surface area contributed by atoms with Crippen LogP contribution in [0.15, 0.2) is 24.3 Å². The van der Waals surface area contributed by atoms with Crippen molar-refractivity contribution in [1.82, 2.24) is 5.32 Å². The Morgan fingerprint density at radius 1 is 1.30 bits per heavy atom. The molecule has 0 heterocycles. The second kappa shape index (κ2) is 8.11. The van der Waals surface area contributed by atoms with Crippen LogP contribution in [-0.4, -0.2) is 19.0 Å². The maximum atomic E-state index is 12.4. The third-order valence-corrected chi connectivity index (χ3v) is 2.77. The Balaban J connectivity index is 0.00000361. The number of benzene rings is 1. The molecule has 0 aliphatic rings. The van der Waals surface area contributed by atoms with Crippen LogP contribution in [0.5, 0.6) is 0 Å². The molecular formula is C13H18ClF3N2O.